The molecule has 1 aliphatic rings. The first-order valence-electron chi connectivity index (χ1n) is 13.7. The van der Waals surface area contributed by atoms with Gasteiger partial charge in [0, 0.05) is 5.56 Å². The lowest BCUT2D eigenvalue weighted by molar-refractivity contribution is -0.139. The Balaban J connectivity index is 1.57. The van der Waals surface area contributed by atoms with Crippen molar-refractivity contribution < 1.29 is 23.7 Å². The highest BCUT2D eigenvalue weighted by Crippen LogP contribution is 2.40. The first-order chi connectivity index (χ1) is 20.4. The highest BCUT2D eigenvalue weighted by atomic mass is 32.1. The summed E-state index contributed by atoms with van der Waals surface area (Å²) in [5.41, 5.74) is 3.02. The van der Waals surface area contributed by atoms with Gasteiger partial charge in [0.15, 0.2) is 16.3 Å². The van der Waals surface area contributed by atoms with Crippen LogP contribution in [0.2, 0.25) is 0 Å². The topological polar surface area (TPSA) is 88.4 Å². The molecule has 1 aromatic heterocycles. The number of carbonyl (C=O) groups is 1. The highest BCUT2D eigenvalue weighted by Gasteiger charge is 2.35. The standard InChI is InChI=1S/C33H32N2O6S/c1-5-39-30-25(13-10-14-26(30)38-4)29-28(32(37)40-6-2)21(3)34-33-35(29)31(36)27(42-33)19-22-15-17-24(18-16-22)41-20-23-11-8-7-9-12-23/h7-19,29H,5-6,20H2,1-4H3/t29-/m0/s1. The fraction of sp³-hybridized carbons (Fsp3) is 0.242. The molecule has 1 atom stereocenters. The SMILES string of the molecule is CCOC(=O)C1=C(C)N=c2sc(=Cc3ccc(OCc4ccccc4)cc3)c(=O)n2[C@H]1c1cccc(OC)c1OCC. The van der Waals surface area contributed by atoms with E-state index in [2.05, 4.69) is 4.99 Å². The first kappa shape index (κ1) is 28.9. The second kappa shape index (κ2) is 12.9. The second-order valence-corrected chi connectivity index (χ2v) is 10.5. The number of nitrogens with zero attached hydrogens (tertiary/aromatic N) is 2. The van der Waals surface area contributed by atoms with Gasteiger partial charge in [0.25, 0.3) is 5.56 Å². The van der Waals surface area contributed by atoms with Crippen molar-refractivity contribution in [3.63, 3.8) is 0 Å². The fourth-order valence-electron chi connectivity index (χ4n) is 4.85. The van der Waals surface area contributed by atoms with Crippen LogP contribution in [0.3, 0.4) is 0 Å². The highest BCUT2D eigenvalue weighted by molar-refractivity contribution is 7.07. The van der Waals surface area contributed by atoms with Gasteiger partial charge in [0.1, 0.15) is 18.4 Å². The molecule has 1 aliphatic heterocycles. The van der Waals surface area contributed by atoms with Crippen molar-refractivity contribution in [2.24, 2.45) is 4.99 Å². The Morgan fingerprint density at radius 1 is 0.976 bits per heavy atom. The van der Waals surface area contributed by atoms with Crippen molar-refractivity contribution in [1.29, 1.82) is 0 Å². The minimum absolute atomic E-state index is 0.189. The van der Waals surface area contributed by atoms with E-state index in [1.807, 2.05) is 79.7 Å². The van der Waals surface area contributed by atoms with E-state index in [-0.39, 0.29) is 17.7 Å². The van der Waals surface area contributed by atoms with E-state index in [0.717, 1.165) is 16.9 Å². The molecule has 4 aromatic rings. The number of allylic oxidation sites excluding steroid dienone is 1. The molecule has 0 unspecified atom stereocenters. The van der Waals surface area contributed by atoms with Crippen LogP contribution in [0.1, 0.15) is 43.5 Å². The van der Waals surface area contributed by atoms with Crippen molar-refractivity contribution in [2.75, 3.05) is 20.3 Å². The summed E-state index contributed by atoms with van der Waals surface area (Å²) >= 11 is 1.27. The van der Waals surface area contributed by atoms with Crippen LogP contribution in [0.5, 0.6) is 17.2 Å². The molecule has 0 fully saturated rings. The average Bonchev–Trinajstić information content (AvgIpc) is 3.30. The number of esters is 1. The van der Waals surface area contributed by atoms with Gasteiger partial charge in [-0.3, -0.25) is 9.36 Å². The van der Waals surface area contributed by atoms with E-state index in [9.17, 15) is 9.59 Å². The van der Waals surface area contributed by atoms with Crippen LogP contribution >= 0.6 is 11.3 Å². The number of hydrogen-bond acceptors (Lipinski definition) is 8. The molecule has 0 radical (unpaired) electrons. The number of ether oxygens (including phenoxy) is 4. The molecule has 42 heavy (non-hydrogen) atoms. The molecule has 0 saturated heterocycles. The van der Waals surface area contributed by atoms with Crippen LogP contribution in [0.25, 0.3) is 6.08 Å². The third-order valence-corrected chi connectivity index (χ3v) is 7.74. The molecular weight excluding hydrogens is 552 g/mol. The van der Waals surface area contributed by atoms with Gasteiger partial charge in [0.2, 0.25) is 0 Å². The van der Waals surface area contributed by atoms with E-state index in [1.54, 1.807) is 31.6 Å². The van der Waals surface area contributed by atoms with Gasteiger partial charge in [-0.2, -0.15) is 0 Å². The van der Waals surface area contributed by atoms with E-state index in [1.165, 1.54) is 11.3 Å². The van der Waals surface area contributed by atoms with E-state index < -0.39 is 12.0 Å². The third kappa shape index (κ3) is 5.87. The van der Waals surface area contributed by atoms with Gasteiger partial charge in [-0.05, 0) is 56.2 Å². The normalized spacial score (nSPS) is 14.7. The second-order valence-electron chi connectivity index (χ2n) is 9.46. The predicted molar refractivity (Wildman–Crippen MR) is 162 cm³/mol. The third-order valence-electron chi connectivity index (χ3n) is 6.76. The minimum Gasteiger partial charge on any atom is -0.493 e. The Morgan fingerprint density at radius 3 is 2.43 bits per heavy atom. The van der Waals surface area contributed by atoms with Crippen LogP contribution < -0.4 is 29.1 Å². The number of carbonyl (C=O) groups excluding carboxylic acids is 1. The molecule has 0 saturated carbocycles. The van der Waals surface area contributed by atoms with Crippen LogP contribution in [0, 0.1) is 0 Å². The van der Waals surface area contributed by atoms with Gasteiger partial charge in [-0.1, -0.05) is 65.9 Å². The van der Waals surface area contributed by atoms with Crippen molar-refractivity contribution >= 4 is 23.4 Å². The van der Waals surface area contributed by atoms with Gasteiger partial charge < -0.3 is 18.9 Å². The number of aromatic nitrogens is 1. The lowest BCUT2D eigenvalue weighted by Crippen LogP contribution is -2.40. The Labute approximate surface area is 247 Å². The molecule has 0 aliphatic carbocycles. The van der Waals surface area contributed by atoms with Crippen LogP contribution in [-0.4, -0.2) is 30.9 Å². The number of methoxy groups -OCH3 is 1. The summed E-state index contributed by atoms with van der Waals surface area (Å²) in [6.45, 7) is 6.39. The molecule has 3 aromatic carbocycles. The lowest BCUT2D eigenvalue weighted by atomic mass is 9.94. The van der Waals surface area contributed by atoms with Crippen LogP contribution in [0.15, 0.2) is 93.9 Å². The maximum Gasteiger partial charge on any atom is 0.338 e. The molecule has 8 nitrogen and oxygen atoms in total. The number of fused-ring (bicyclic) bond motifs is 1. The van der Waals surface area contributed by atoms with Crippen LogP contribution in [0.4, 0.5) is 0 Å². The summed E-state index contributed by atoms with van der Waals surface area (Å²) in [5.74, 6) is 1.16. The van der Waals surface area contributed by atoms with Crippen LogP contribution in [-0.2, 0) is 16.1 Å². The first-order valence-corrected chi connectivity index (χ1v) is 14.5. The Hall–Kier alpha value is -4.63. The lowest BCUT2D eigenvalue weighted by Gasteiger charge is -2.26. The Bertz CT molecular complexity index is 1790. The Morgan fingerprint density at radius 2 is 1.74 bits per heavy atom. The van der Waals surface area contributed by atoms with E-state index in [4.69, 9.17) is 18.9 Å². The smallest absolute Gasteiger partial charge is 0.338 e. The summed E-state index contributed by atoms with van der Waals surface area (Å²) < 4.78 is 24.9. The van der Waals surface area contributed by atoms with E-state index >= 15 is 0 Å². The van der Waals surface area contributed by atoms with E-state index in [0.29, 0.717) is 45.3 Å². The molecular formula is C33H32N2O6S. The average molecular weight is 585 g/mol. The number of rotatable bonds is 10. The van der Waals surface area contributed by atoms with Gasteiger partial charge >= 0.3 is 5.97 Å². The maximum atomic E-state index is 14.0. The number of hydrogen-bond donors (Lipinski definition) is 0. The van der Waals surface area contributed by atoms with Crippen molar-refractivity contribution in [3.05, 3.63) is 120 Å². The number of para-hydroxylation sites is 1. The Kier molecular flexibility index (Phi) is 8.88. The summed E-state index contributed by atoms with van der Waals surface area (Å²) in [5, 5.41) is 0. The molecule has 9 heteroatoms. The summed E-state index contributed by atoms with van der Waals surface area (Å²) in [4.78, 5) is 32.4. The van der Waals surface area contributed by atoms with Crippen molar-refractivity contribution in [2.45, 2.75) is 33.4 Å². The molecule has 0 bridgehead atoms. The zero-order chi connectivity index (χ0) is 29.6. The predicted octanol–water partition coefficient (Wildman–Crippen LogP) is 4.78. The zero-order valence-corrected chi connectivity index (χ0v) is 24.8. The number of benzene rings is 3. The molecule has 0 amide bonds. The quantitative estimate of drug-likeness (QED) is 0.249. The van der Waals surface area contributed by atoms with Gasteiger partial charge in [0.05, 0.1) is 36.1 Å². The number of thiazole rings is 1. The minimum atomic E-state index is -0.812. The van der Waals surface area contributed by atoms with Gasteiger partial charge in [-0.25, -0.2) is 9.79 Å². The van der Waals surface area contributed by atoms with Gasteiger partial charge in [-0.15, -0.1) is 0 Å². The molecule has 5 rings (SSSR count). The van der Waals surface area contributed by atoms with Crippen molar-refractivity contribution in [3.8, 4) is 17.2 Å². The largest absolute Gasteiger partial charge is 0.493 e. The summed E-state index contributed by atoms with van der Waals surface area (Å²) in [6.07, 6.45) is 1.82. The summed E-state index contributed by atoms with van der Waals surface area (Å²) in [7, 11) is 1.55. The van der Waals surface area contributed by atoms with Crippen molar-refractivity contribution in [1.82, 2.24) is 4.57 Å². The fourth-order valence-corrected chi connectivity index (χ4v) is 5.89. The molecule has 0 N–H and O–H groups in total. The molecule has 0 spiro atoms. The zero-order valence-electron chi connectivity index (χ0n) is 24.0. The summed E-state index contributed by atoms with van der Waals surface area (Å²) in [6, 6.07) is 22.1. The monoisotopic (exact) mass is 584 g/mol. The molecule has 216 valence electrons. The maximum absolute atomic E-state index is 14.0. The molecule has 2 heterocycles.